The Hall–Kier alpha value is -1.86. The lowest BCUT2D eigenvalue weighted by atomic mass is 10.2. The van der Waals surface area contributed by atoms with E-state index in [1.54, 1.807) is 20.8 Å². The normalized spacial score (nSPS) is 10.8. The molecule has 0 aromatic carbocycles. The van der Waals surface area contributed by atoms with Gasteiger partial charge in [0.25, 0.3) is 0 Å². The van der Waals surface area contributed by atoms with Crippen LogP contribution in [0.25, 0.3) is 0 Å². The van der Waals surface area contributed by atoms with E-state index in [9.17, 15) is 9.59 Å². The average molecular weight is 374 g/mol. The van der Waals surface area contributed by atoms with Gasteiger partial charge >= 0.3 is 6.09 Å². The van der Waals surface area contributed by atoms with Crippen LogP contribution in [0.15, 0.2) is 0 Å². The molecule has 26 heavy (non-hydrogen) atoms. The molecule has 0 fully saturated rings. The molecule has 0 saturated carbocycles. The first-order chi connectivity index (χ1) is 12.3. The Morgan fingerprint density at radius 3 is 1.85 bits per heavy atom. The van der Waals surface area contributed by atoms with Crippen LogP contribution in [0.1, 0.15) is 27.2 Å². The zero-order chi connectivity index (χ0) is 19.7. The number of amides is 2. The summed E-state index contributed by atoms with van der Waals surface area (Å²) < 4.78 is 25.8. The molecule has 0 rings (SSSR count). The van der Waals surface area contributed by atoms with Gasteiger partial charge in [-0.15, -0.1) is 6.42 Å². The van der Waals surface area contributed by atoms with E-state index in [1.165, 1.54) is 0 Å². The largest absolute Gasteiger partial charge is 0.443 e. The highest BCUT2D eigenvalue weighted by Gasteiger charge is 2.16. The summed E-state index contributed by atoms with van der Waals surface area (Å²) in [4.78, 5) is 22.8. The highest BCUT2D eigenvalue weighted by Crippen LogP contribution is 2.05. The maximum absolute atomic E-state index is 11.5. The van der Waals surface area contributed by atoms with Gasteiger partial charge in [-0.05, 0) is 20.8 Å². The monoisotopic (exact) mass is 374 g/mol. The molecule has 0 aliphatic rings. The first kappa shape index (κ1) is 24.1. The molecule has 0 aromatic heterocycles. The fraction of sp³-hybridized carbons (Fsp3) is 0.765. The third-order valence-electron chi connectivity index (χ3n) is 2.48. The minimum atomic E-state index is -0.718. The van der Waals surface area contributed by atoms with Gasteiger partial charge in [0.05, 0.1) is 52.7 Å². The number of carbonyl (C=O) groups is 2. The lowest BCUT2D eigenvalue weighted by Crippen LogP contribution is -2.44. The van der Waals surface area contributed by atoms with E-state index in [4.69, 9.17) is 30.1 Å². The third kappa shape index (κ3) is 18.5. The topological polar surface area (TPSA) is 104 Å². The van der Waals surface area contributed by atoms with Crippen molar-refractivity contribution in [1.29, 1.82) is 0 Å². The number of ether oxygens (including phenoxy) is 5. The number of hydrazine groups is 1. The van der Waals surface area contributed by atoms with Crippen LogP contribution in [0.5, 0.6) is 0 Å². The van der Waals surface area contributed by atoms with E-state index in [0.29, 0.717) is 39.6 Å². The summed E-state index contributed by atoms with van der Waals surface area (Å²) in [6.07, 6.45) is 4.42. The van der Waals surface area contributed by atoms with Crippen molar-refractivity contribution >= 4 is 12.0 Å². The highest BCUT2D eigenvalue weighted by atomic mass is 16.6. The lowest BCUT2D eigenvalue weighted by Gasteiger charge is -2.19. The van der Waals surface area contributed by atoms with Gasteiger partial charge in [0.1, 0.15) is 12.2 Å². The van der Waals surface area contributed by atoms with Gasteiger partial charge in [-0.1, -0.05) is 5.92 Å². The van der Waals surface area contributed by atoms with Crippen LogP contribution < -0.4 is 10.9 Å². The summed E-state index contributed by atoms with van der Waals surface area (Å²) in [5.74, 6) is 1.99. The molecule has 0 aliphatic heterocycles. The van der Waals surface area contributed by atoms with Crippen molar-refractivity contribution in [3.05, 3.63) is 0 Å². The van der Waals surface area contributed by atoms with Gasteiger partial charge in [0, 0.05) is 0 Å². The standard InChI is InChI=1S/C17H30N2O7/c1-5-7-22-9-11-24-13-14-25-12-10-23-8-6-15(20)18-19-16(21)26-17(2,3)4/h1H,6-14H2,2-4H3,(H,18,20)(H,19,21). The molecular formula is C17H30N2O7. The second-order valence-corrected chi connectivity index (χ2v) is 6.02. The number of rotatable bonds is 13. The predicted molar refractivity (Wildman–Crippen MR) is 94.2 cm³/mol. The molecule has 9 nitrogen and oxygen atoms in total. The first-order valence-electron chi connectivity index (χ1n) is 8.37. The number of hydrogen-bond donors (Lipinski definition) is 2. The molecule has 0 saturated heterocycles. The molecule has 9 heteroatoms. The Kier molecular flexibility index (Phi) is 14.3. The van der Waals surface area contributed by atoms with Gasteiger partial charge in [0.2, 0.25) is 5.91 Å². The number of terminal acetylenes is 1. The molecule has 2 amide bonds. The van der Waals surface area contributed by atoms with Gasteiger partial charge in [0.15, 0.2) is 0 Å². The summed E-state index contributed by atoms with van der Waals surface area (Å²) >= 11 is 0. The average Bonchev–Trinajstić information content (AvgIpc) is 2.55. The molecule has 150 valence electrons. The number of carbonyl (C=O) groups excluding carboxylic acids is 2. The molecule has 0 spiro atoms. The Balaban J connectivity index is 3.33. The number of hydrogen-bond acceptors (Lipinski definition) is 7. The van der Waals surface area contributed by atoms with Crippen LogP contribution in [-0.4, -0.2) is 70.5 Å². The van der Waals surface area contributed by atoms with Crippen molar-refractivity contribution in [2.75, 3.05) is 52.9 Å². The van der Waals surface area contributed by atoms with Gasteiger partial charge in [-0.25, -0.2) is 10.2 Å². The second-order valence-electron chi connectivity index (χ2n) is 6.02. The Morgan fingerprint density at radius 1 is 0.846 bits per heavy atom. The smallest absolute Gasteiger partial charge is 0.426 e. The summed E-state index contributed by atoms with van der Waals surface area (Å²) in [5.41, 5.74) is 3.77. The molecule has 0 aliphatic carbocycles. The van der Waals surface area contributed by atoms with Crippen molar-refractivity contribution in [3.63, 3.8) is 0 Å². The van der Waals surface area contributed by atoms with E-state index < -0.39 is 11.7 Å². The SMILES string of the molecule is C#CCOCCOCCOCCOCCC(=O)NNC(=O)OC(C)(C)C. The quantitative estimate of drug-likeness (QED) is 0.277. The fourth-order valence-corrected chi connectivity index (χ4v) is 1.44. The van der Waals surface area contributed by atoms with Crippen molar-refractivity contribution in [2.24, 2.45) is 0 Å². The van der Waals surface area contributed by atoms with Gasteiger partial charge in [-0.2, -0.15) is 0 Å². The van der Waals surface area contributed by atoms with Crippen LogP contribution in [0.4, 0.5) is 4.79 Å². The van der Waals surface area contributed by atoms with Crippen LogP contribution in [0, 0.1) is 12.3 Å². The van der Waals surface area contributed by atoms with Crippen LogP contribution >= 0.6 is 0 Å². The van der Waals surface area contributed by atoms with E-state index >= 15 is 0 Å². The van der Waals surface area contributed by atoms with Crippen LogP contribution in [0.3, 0.4) is 0 Å². The molecule has 0 unspecified atom stereocenters. The minimum Gasteiger partial charge on any atom is -0.443 e. The molecule has 2 N–H and O–H groups in total. The second kappa shape index (κ2) is 15.4. The summed E-state index contributed by atoms with van der Waals surface area (Å²) in [6, 6.07) is 0. The molecule has 0 bridgehead atoms. The van der Waals surface area contributed by atoms with Crippen molar-refractivity contribution in [2.45, 2.75) is 32.8 Å². The zero-order valence-corrected chi connectivity index (χ0v) is 15.8. The highest BCUT2D eigenvalue weighted by molar-refractivity contribution is 5.79. The Bertz CT molecular complexity index is 430. The van der Waals surface area contributed by atoms with E-state index in [2.05, 4.69) is 16.8 Å². The van der Waals surface area contributed by atoms with Gasteiger partial charge in [-0.3, -0.25) is 10.2 Å². The Labute approximate surface area is 155 Å². The van der Waals surface area contributed by atoms with Crippen molar-refractivity contribution in [1.82, 2.24) is 10.9 Å². The number of nitrogens with one attached hydrogen (secondary N) is 2. The predicted octanol–water partition coefficient (Wildman–Crippen LogP) is 0.632. The first-order valence-corrected chi connectivity index (χ1v) is 8.37. The van der Waals surface area contributed by atoms with Crippen LogP contribution in [0.2, 0.25) is 0 Å². The van der Waals surface area contributed by atoms with Crippen LogP contribution in [-0.2, 0) is 28.5 Å². The van der Waals surface area contributed by atoms with E-state index in [0.717, 1.165) is 0 Å². The maximum Gasteiger partial charge on any atom is 0.426 e. The van der Waals surface area contributed by atoms with Gasteiger partial charge < -0.3 is 23.7 Å². The molecule has 0 radical (unpaired) electrons. The maximum atomic E-state index is 11.5. The molecular weight excluding hydrogens is 344 g/mol. The summed E-state index contributed by atoms with van der Waals surface area (Å²) in [6.45, 7) is 8.26. The van der Waals surface area contributed by atoms with E-state index in [-0.39, 0.29) is 25.5 Å². The summed E-state index contributed by atoms with van der Waals surface area (Å²) in [7, 11) is 0. The lowest BCUT2D eigenvalue weighted by molar-refractivity contribution is -0.123. The minimum absolute atomic E-state index is 0.108. The van der Waals surface area contributed by atoms with Crippen molar-refractivity contribution < 1.29 is 33.3 Å². The molecule has 0 aromatic rings. The third-order valence-corrected chi connectivity index (χ3v) is 2.48. The molecule has 0 atom stereocenters. The zero-order valence-electron chi connectivity index (χ0n) is 15.8. The van der Waals surface area contributed by atoms with Crippen molar-refractivity contribution in [3.8, 4) is 12.3 Å². The molecule has 0 heterocycles. The van der Waals surface area contributed by atoms with E-state index in [1.807, 2.05) is 0 Å². The fourth-order valence-electron chi connectivity index (χ4n) is 1.44. The summed E-state index contributed by atoms with van der Waals surface area (Å²) in [5, 5.41) is 0. The Morgan fingerprint density at radius 2 is 1.35 bits per heavy atom.